The van der Waals surface area contributed by atoms with Crippen LogP contribution in [0.25, 0.3) is 17.1 Å². The maximum Gasteiger partial charge on any atom is 0.266 e. The monoisotopic (exact) mass is 363 g/mol. The van der Waals surface area contributed by atoms with E-state index in [1.54, 1.807) is 17.2 Å². The summed E-state index contributed by atoms with van der Waals surface area (Å²) in [6, 6.07) is 17.5. The number of hydrogen-bond donors (Lipinski definition) is 0. The van der Waals surface area contributed by atoms with Crippen molar-refractivity contribution in [3.63, 3.8) is 0 Å². The molecule has 0 radical (unpaired) electrons. The van der Waals surface area contributed by atoms with Crippen LogP contribution in [-0.2, 0) is 11.3 Å². The number of thiocarbonyl (C=S) groups is 1. The van der Waals surface area contributed by atoms with E-state index in [0.717, 1.165) is 16.6 Å². The van der Waals surface area contributed by atoms with Gasteiger partial charge in [0.2, 0.25) is 0 Å². The van der Waals surface area contributed by atoms with Crippen LogP contribution in [0.15, 0.2) is 65.7 Å². The number of fused-ring (bicyclic) bond motifs is 1. The fourth-order valence-corrected chi connectivity index (χ4v) is 3.82. The summed E-state index contributed by atoms with van der Waals surface area (Å²) in [5, 5.41) is 0. The SMILES string of the molecule is O=C1/C(=C\c2cnc3ccccc3n2)SC(=S)N1Cc1ccccc1. The van der Waals surface area contributed by atoms with Gasteiger partial charge in [-0.3, -0.25) is 14.7 Å². The number of aromatic nitrogens is 2. The Labute approximate surface area is 154 Å². The molecule has 2 heterocycles. The van der Waals surface area contributed by atoms with E-state index in [9.17, 15) is 4.79 Å². The van der Waals surface area contributed by atoms with Gasteiger partial charge in [0.05, 0.1) is 34.4 Å². The average Bonchev–Trinajstić information content (AvgIpc) is 2.90. The van der Waals surface area contributed by atoms with Crippen LogP contribution >= 0.6 is 24.0 Å². The molecule has 1 saturated heterocycles. The lowest BCUT2D eigenvalue weighted by Gasteiger charge is -2.14. The van der Waals surface area contributed by atoms with Crippen molar-refractivity contribution in [3.05, 3.63) is 77.0 Å². The second kappa shape index (κ2) is 6.74. The predicted octanol–water partition coefficient (Wildman–Crippen LogP) is 4.03. The molecule has 4 nitrogen and oxygen atoms in total. The molecule has 0 aliphatic carbocycles. The Hall–Kier alpha value is -2.57. The average molecular weight is 363 g/mol. The molecular formula is C19H13N3OS2. The summed E-state index contributed by atoms with van der Waals surface area (Å²) in [7, 11) is 0. The lowest BCUT2D eigenvalue weighted by atomic mass is 10.2. The van der Waals surface area contributed by atoms with Gasteiger partial charge in [0, 0.05) is 0 Å². The Morgan fingerprint density at radius 2 is 1.76 bits per heavy atom. The molecule has 0 N–H and O–H groups in total. The molecule has 25 heavy (non-hydrogen) atoms. The van der Waals surface area contributed by atoms with Crippen molar-refractivity contribution in [1.29, 1.82) is 0 Å². The topological polar surface area (TPSA) is 46.1 Å². The summed E-state index contributed by atoms with van der Waals surface area (Å²) in [5.41, 5.74) is 3.33. The number of carbonyl (C=O) groups is 1. The third-order valence-electron chi connectivity index (χ3n) is 3.80. The molecule has 0 saturated carbocycles. The maximum absolute atomic E-state index is 12.7. The van der Waals surface area contributed by atoms with Gasteiger partial charge >= 0.3 is 0 Å². The van der Waals surface area contributed by atoms with Crippen molar-refractivity contribution in [2.75, 3.05) is 0 Å². The van der Waals surface area contributed by atoms with Crippen molar-refractivity contribution >= 4 is 51.3 Å². The molecule has 6 heteroatoms. The number of benzene rings is 2. The van der Waals surface area contributed by atoms with E-state index in [2.05, 4.69) is 9.97 Å². The van der Waals surface area contributed by atoms with Crippen LogP contribution in [0.4, 0.5) is 0 Å². The van der Waals surface area contributed by atoms with Crippen LogP contribution in [0.2, 0.25) is 0 Å². The van der Waals surface area contributed by atoms with E-state index < -0.39 is 0 Å². The lowest BCUT2D eigenvalue weighted by molar-refractivity contribution is -0.122. The van der Waals surface area contributed by atoms with Crippen LogP contribution in [0.3, 0.4) is 0 Å². The summed E-state index contributed by atoms with van der Waals surface area (Å²) in [6.45, 7) is 0.478. The molecule has 1 amide bonds. The Bertz CT molecular complexity index is 1000. The first-order chi connectivity index (χ1) is 12.2. The van der Waals surface area contributed by atoms with Crippen molar-refractivity contribution in [1.82, 2.24) is 14.9 Å². The standard InChI is InChI=1S/C19H13N3OS2/c23-18-17(10-14-11-20-15-8-4-5-9-16(15)21-14)25-19(24)22(18)12-13-6-2-1-3-7-13/h1-11H,12H2/b17-10+. The number of hydrogen-bond acceptors (Lipinski definition) is 5. The number of thioether (sulfide) groups is 1. The normalized spacial score (nSPS) is 16.2. The van der Waals surface area contributed by atoms with Crippen LogP contribution in [0.5, 0.6) is 0 Å². The molecule has 0 atom stereocenters. The molecule has 4 rings (SSSR count). The summed E-state index contributed by atoms with van der Waals surface area (Å²) in [5.74, 6) is -0.0891. The van der Waals surface area contributed by atoms with Gasteiger partial charge in [-0.05, 0) is 23.8 Å². The zero-order valence-corrected chi connectivity index (χ0v) is 14.8. The summed E-state index contributed by atoms with van der Waals surface area (Å²) < 4.78 is 0.564. The molecule has 1 fully saturated rings. The zero-order valence-electron chi connectivity index (χ0n) is 13.1. The molecular weight excluding hydrogens is 350 g/mol. The first-order valence-corrected chi connectivity index (χ1v) is 8.94. The minimum absolute atomic E-state index is 0.0891. The van der Waals surface area contributed by atoms with Gasteiger partial charge in [-0.15, -0.1) is 0 Å². The van der Waals surface area contributed by atoms with Crippen molar-refractivity contribution in [2.45, 2.75) is 6.54 Å². The summed E-state index contributed by atoms with van der Waals surface area (Å²) >= 11 is 6.68. The van der Waals surface area contributed by atoms with Crippen LogP contribution < -0.4 is 0 Å². The van der Waals surface area contributed by atoms with Crippen LogP contribution in [0, 0.1) is 0 Å². The second-order valence-corrected chi connectivity index (χ2v) is 7.21. The van der Waals surface area contributed by atoms with Gasteiger partial charge in [-0.1, -0.05) is 66.4 Å². The second-order valence-electron chi connectivity index (χ2n) is 5.54. The number of para-hydroxylation sites is 2. The Morgan fingerprint density at radius 3 is 2.56 bits per heavy atom. The quantitative estimate of drug-likeness (QED) is 0.519. The van der Waals surface area contributed by atoms with E-state index in [0.29, 0.717) is 21.5 Å². The number of amides is 1. The third kappa shape index (κ3) is 3.31. The lowest BCUT2D eigenvalue weighted by Crippen LogP contribution is -2.27. The largest absolute Gasteiger partial charge is 0.288 e. The van der Waals surface area contributed by atoms with Gasteiger partial charge < -0.3 is 0 Å². The minimum Gasteiger partial charge on any atom is -0.288 e. The van der Waals surface area contributed by atoms with Crippen molar-refractivity contribution in [3.8, 4) is 0 Å². The molecule has 1 aromatic heterocycles. The van der Waals surface area contributed by atoms with Crippen LogP contribution in [0.1, 0.15) is 11.3 Å². The molecule has 1 aliphatic heterocycles. The van der Waals surface area contributed by atoms with Gasteiger partial charge in [-0.25, -0.2) is 4.98 Å². The third-order valence-corrected chi connectivity index (χ3v) is 5.18. The maximum atomic E-state index is 12.7. The molecule has 122 valence electrons. The van der Waals surface area contributed by atoms with E-state index in [1.807, 2.05) is 54.6 Å². The van der Waals surface area contributed by atoms with Gasteiger partial charge in [0.1, 0.15) is 4.32 Å². The molecule has 3 aromatic rings. The minimum atomic E-state index is -0.0891. The fourth-order valence-electron chi connectivity index (χ4n) is 2.58. The first kappa shape index (κ1) is 15.9. The molecule has 0 bridgehead atoms. The highest BCUT2D eigenvalue weighted by Crippen LogP contribution is 2.33. The van der Waals surface area contributed by atoms with E-state index in [4.69, 9.17) is 12.2 Å². The Kier molecular flexibility index (Phi) is 4.29. The highest BCUT2D eigenvalue weighted by atomic mass is 32.2. The molecule has 2 aromatic carbocycles. The Balaban J connectivity index is 1.60. The summed E-state index contributed by atoms with van der Waals surface area (Å²) in [4.78, 5) is 23.8. The highest BCUT2D eigenvalue weighted by Gasteiger charge is 2.32. The van der Waals surface area contributed by atoms with Crippen molar-refractivity contribution < 1.29 is 4.79 Å². The molecule has 0 unspecified atom stereocenters. The number of carbonyl (C=O) groups excluding carboxylic acids is 1. The molecule has 1 aliphatic rings. The van der Waals surface area contributed by atoms with E-state index in [-0.39, 0.29) is 5.91 Å². The van der Waals surface area contributed by atoms with Crippen LogP contribution in [-0.4, -0.2) is 25.1 Å². The fraction of sp³-hybridized carbons (Fsp3) is 0.0526. The Morgan fingerprint density at radius 1 is 1.04 bits per heavy atom. The zero-order chi connectivity index (χ0) is 17.2. The van der Waals surface area contributed by atoms with E-state index >= 15 is 0 Å². The number of nitrogens with zero attached hydrogens (tertiary/aromatic N) is 3. The van der Waals surface area contributed by atoms with Gasteiger partial charge in [0.15, 0.2) is 0 Å². The van der Waals surface area contributed by atoms with Crippen molar-refractivity contribution in [2.24, 2.45) is 0 Å². The van der Waals surface area contributed by atoms with Gasteiger partial charge in [0.25, 0.3) is 5.91 Å². The highest BCUT2D eigenvalue weighted by molar-refractivity contribution is 8.26. The number of rotatable bonds is 3. The summed E-state index contributed by atoms with van der Waals surface area (Å²) in [6.07, 6.45) is 3.43. The van der Waals surface area contributed by atoms with E-state index in [1.165, 1.54) is 11.8 Å². The smallest absolute Gasteiger partial charge is 0.266 e. The molecule has 0 spiro atoms. The van der Waals surface area contributed by atoms with Gasteiger partial charge in [-0.2, -0.15) is 0 Å². The first-order valence-electron chi connectivity index (χ1n) is 7.72. The predicted molar refractivity (Wildman–Crippen MR) is 105 cm³/mol.